The molecule has 2 heterocycles. The van der Waals surface area contributed by atoms with Crippen molar-refractivity contribution >= 4 is 34.6 Å². The summed E-state index contributed by atoms with van der Waals surface area (Å²) in [7, 11) is 0. The van der Waals surface area contributed by atoms with Crippen molar-refractivity contribution in [2.24, 2.45) is 10.1 Å². The Morgan fingerprint density at radius 2 is 1.74 bits per heavy atom. The molecule has 0 atom stereocenters. The highest BCUT2D eigenvalue weighted by molar-refractivity contribution is 7.14. The van der Waals surface area contributed by atoms with Gasteiger partial charge in [0.2, 0.25) is 4.80 Å². The van der Waals surface area contributed by atoms with Crippen LogP contribution in [0.3, 0.4) is 0 Å². The molecule has 27 heavy (non-hydrogen) atoms. The van der Waals surface area contributed by atoms with Gasteiger partial charge in [-0.3, -0.25) is 0 Å². The van der Waals surface area contributed by atoms with Crippen molar-refractivity contribution < 1.29 is 0 Å². The molecular weight excluding hydrogens is 372 g/mol. The van der Waals surface area contributed by atoms with Gasteiger partial charge in [0.15, 0.2) is 0 Å². The Kier molecular flexibility index (Phi) is 5.06. The normalized spacial score (nSPS) is 11.7. The van der Waals surface area contributed by atoms with Gasteiger partial charge >= 0.3 is 0 Å². The van der Waals surface area contributed by atoms with Gasteiger partial charge in [0, 0.05) is 5.38 Å². The summed E-state index contributed by atoms with van der Waals surface area (Å²) in [5, 5.41) is 17.7. The van der Waals surface area contributed by atoms with E-state index in [9.17, 15) is 0 Å². The van der Waals surface area contributed by atoms with E-state index in [0.717, 1.165) is 26.6 Å². The fourth-order valence-electron chi connectivity index (χ4n) is 2.46. The van der Waals surface area contributed by atoms with E-state index in [1.165, 1.54) is 0 Å². The number of thiophene rings is 1. The predicted octanol–water partition coefficient (Wildman–Crippen LogP) is 5.26. The van der Waals surface area contributed by atoms with E-state index in [-0.39, 0.29) is 0 Å². The molecule has 2 aromatic carbocycles. The zero-order chi connectivity index (χ0) is 18.5. The SMILES string of the molecule is N#Cc1ccc(C=Nn2c(-c3cccs3)csc2=Nc2ccccc2)cc1. The Balaban J connectivity index is 1.79. The first-order valence-electron chi connectivity index (χ1n) is 8.22. The monoisotopic (exact) mass is 386 g/mol. The number of hydrogen-bond donors (Lipinski definition) is 0. The minimum atomic E-state index is 0.634. The van der Waals surface area contributed by atoms with E-state index in [0.29, 0.717) is 5.56 Å². The number of thiazole rings is 1. The molecule has 0 amide bonds. The average molecular weight is 387 g/mol. The molecule has 0 fully saturated rings. The van der Waals surface area contributed by atoms with E-state index in [1.54, 1.807) is 41.0 Å². The highest BCUT2D eigenvalue weighted by Crippen LogP contribution is 2.25. The first-order valence-corrected chi connectivity index (χ1v) is 9.98. The van der Waals surface area contributed by atoms with Crippen LogP contribution in [0.1, 0.15) is 11.1 Å². The molecular formula is C21H14N4S2. The van der Waals surface area contributed by atoms with Gasteiger partial charge in [-0.25, -0.2) is 9.67 Å². The topological polar surface area (TPSA) is 53.4 Å². The first kappa shape index (κ1) is 17.2. The molecule has 130 valence electrons. The lowest BCUT2D eigenvalue weighted by atomic mass is 10.2. The molecule has 0 N–H and O–H groups in total. The quantitative estimate of drug-likeness (QED) is 0.441. The number of nitriles is 1. The average Bonchev–Trinajstić information content (AvgIpc) is 3.37. The fourth-order valence-corrected chi connectivity index (χ4v) is 4.11. The molecule has 0 aliphatic rings. The maximum atomic E-state index is 8.93. The van der Waals surface area contributed by atoms with Crippen molar-refractivity contribution in [3.05, 3.63) is 93.4 Å². The van der Waals surface area contributed by atoms with Crippen LogP contribution in [0.4, 0.5) is 5.69 Å². The molecule has 0 radical (unpaired) electrons. The third-order valence-corrected chi connectivity index (χ3v) is 5.51. The molecule has 4 nitrogen and oxygen atoms in total. The highest BCUT2D eigenvalue weighted by atomic mass is 32.1. The number of nitrogens with zero attached hydrogens (tertiary/aromatic N) is 4. The Labute approximate surface area is 164 Å². The van der Waals surface area contributed by atoms with Crippen LogP contribution in [0.25, 0.3) is 10.6 Å². The molecule has 0 aliphatic carbocycles. The number of para-hydroxylation sites is 1. The van der Waals surface area contributed by atoms with Crippen LogP contribution in [0, 0.1) is 11.3 Å². The van der Waals surface area contributed by atoms with Crippen molar-refractivity contribution in [1.82, 2.24) is 4.68 Å². The van der Waals surface area contributed by atoms with Crippen LogP contribution in [0.5, 0.6) is 0 Å². The molecule has 6 heteroatoms. The third kappa shape index (κ3) is 3.95. The molecule has 0 bridgehead atoms. The summed E-state index contributed by atoms with van der Waals surface area (Å²) in [6.07, 6.45) is 1.79. The zero-order valence-electron chi connectivity index (χ0n) is 14.2. The Morgan fingerprint density at radius 3 is 2.44 bits per heavy atom. The van der Waals surface area contributed by atoms with Crippen molar-refractivity contribution in [2.75, 3.05) is 0 Å². The fraction of sp³-hybridized carbons (Fsp3) is 0. The number of hydrogen-bond acceptors (Lipinski definition) is 5. The molecule has 4 rings (SSSR count). The Bertz CT molecular complexity index is 1160. The highest BCUT2D eigenvalue weighted by Gasteiger charge is 2.08. The number of aromatic nitrogens is 1. The Morgan fingerprint density at radius 1 is 0.926 bits per heavy atom. The smallest absolute Gasteiger partial charge is 0.211 e. The maximum Gasteiger partial charge on any atom is 0.211 e. The lowest BCUT2D eigenvalue weighted by Gasteiger charge is -2.01. The molecule has 0 aliphatic heterocycles. The summed E-state index contributed by atoms with van der Waals surface area (Å²) in [6.45, 7) is 0. The first-order chi connectivity index (χ1) is 13.3. The molecule has 2 aromatic heterocycles. The van der Waals surface area contributed by atoms with Gasteiger partial charge in [-0.2, -0.15) is 10.4 Å². The molecule has 0 unspecified atom stereocenters. The Hall–Kier alpha value is -3.27. The summed E-state index contributed by atoms with van der Waals surface area (Å²) in [5.74, 6) is 0. The van der Waals surface area contributed by atoms with Crippen LogP contribution in [0.15, 0.2) is 87.6 Å². The van der Waals surface area contributed by atoms with Crippen LogP contribution in [0.2, 0.25) is 0 Å². The molecule has 0 saturated carbocycles. The van der Waals surface area contributed by atoms with Gasteiger partial charge < -0.3 is 0 Å². The second-order valence-corrected chi connectivity index (χ2v) is 7.40. The van der Waals surface area contributed by atoms with Gasteiger partial charge in [-0.15, -0.1) is 22.7 Å². The summed E-state index contributed by atoms with van der Waals surface area (Å²) in [4.78, 5) is 6.68. The minimum absolute atomic E-state index is 0.634. The van der Waals surface area contributed by atoms with Crippen molar-refractivity contribution in [1.29, 1.82) is 5.26 Å². The summed E-state index contributed by atoms with van der Waals surface area (Å²) >= 11 is 3.23. The second kappa shape index (κ2) is 7.96. The van der Waals surface area contributed by atoms with E-state index in [4.69, 9.17) is 10.3 Å². The minimum Gasteiger partial charge on any atom is -0.220 e. The number of benzene rings is 2. The maximum absolute atomic E-state index is 8.93. The predicted molar refractivity (Wildman–Crippen MR) is 111 cm³/mol. The van der Waals surface area contributed by atoms with Gasteiger partial charge in [-0.1, -0.05) is 36.4 Å². The van der Waals surface area contributed by atoms with Crippen LogP contribution in [-0.4, -0.2) is 10.9 Å². The van der Waals surface area contributed by atoms with Crippen molar-refractivity contribution in [3.63, 3.8) is 0 Å². The van der Waals surface area contributed by atoms with E-state index >= 15 is 0 Å². The van der Waals surface area contributed by atoms with Gasteiger partial charge in [-0.05, 0) is 41.3 Å². The summed E-state index contributed by atoms with van der Waals surface area (Å²) < 4.78 is 1.86. The third-order valence-electron chi connectivity index (χ3n) is 3.80. The van der Waals surface area contributed by atoms with Gasteiger partial charge in [0.25, 0.3) is 0 Å². The largest absolute Gasteiger partial charge is 0.220 e. The van der Waals surface area contributed by atoms with E-state index in [1.807, 2.05) is 53.2 Å². The van der Waals surface area contributed by atoms with Gasteiger partial charge in [0.05, 0.1) is 34.1 Å². The molecule has 0 spiro atoms. The van der Waals surface area contributed by atoms with Gasteiger partial charge in [0.1, 0.15) is 0 Å². The van der Waals surface area contributed by atoms with Crippen LogP contribution >= 0.6 is 22.7 Å². The van der Waals surface area contributed by atoms with Crippen molar-refractivity contribution in [2.45, 2.75) is 0 Å². The van der Waals surface area contributed by atoms with Crippen LogP contribution in [-0.2, 0) is 0 Å². The van der Waals surface area contributed by atoms with E-state index < -0.39 is 0 Å². The van der Waals surface area contributed by atoms with Crippen molar-refractivity contribution in [3.8, 4) is 16.6 Å². The zero-order valence-corrected chi connectivity index (χ0v) is 15.8. The molecule has 4 aromatic rings. The number of rotatable bonds is 4. The molecule has 0 saturated heterocycles. The van der Waals surface area contributed by atoms with E-state index in [2.05, 4.69) is 28.0 Å². The standard InChI is InChI=1S/C21H14N4S2/c22-13-16-8-10-17(11-9-16)14-23-25-19(20-7-4-12-26-20)15-27-21(25)24-18-5-2-1-3-6-18/h1-12,14-15H. The lowest BCUT2D eigenvalue weighted by molar-refractivity contribution is 0.856. The second-order valence-electron chi connectivity index (χ2n) is 5.62. The summed E-state index contributed by atoms with van der Waals surface area (Å²) in [6, 6.07) is 23.4. The van der Waals surface area contributed by atoms with Crippen LogP contribution < -0.4 is 4.80 Å². The summed E-state index contributed by atoms with van der Waals surface area (Å²) in [5.41, 5.74) is 3.46. The lowest BCUT2D eigenvalue weighted by Crippen LogP contribution is -2.11.